The summed E-state index contributed by atoms with van der Waals surface area (Å²) in [6.45, 7) is 8.47. The molecule has 124 valence electrons. The fourth-order valence-corrected chi connectivity index (χ4v) is 2.86. The average Bonchev–Trinajstić information content (AvgIpc) is 2.73. The Morgan fingerprint density at radius 2 is 1.87 bits per heavy atom. The predicted octanol–water partition coefficient (Wildman–Crippen LogP) is 1.71. The summed E-state index contributed by atoms with van der Waals surface area (Å²) in [5, 5.41) is 0. The molecule has 23 heavy (non-hydrogen) atoms. The van der Waals surface area contributed by atoms with Crippen molar-refractivity contribution in [1.29, 1.82) is 0 Å². The third-order valence-corrected chi connectivity index (χ3v) is 5.05. The zero-order valence-electron chi connectivity index (χ0n) is 14.3. The maximum Gasteiger partial charge on any atom is 0.494 e. The molecule has 0 spiro atoms. The minimum atomic E-state index is -0.413. The van der Waals surface area contributed by atoms with Crippen molar-refractivity contribution in [1.82, 2.24) is 0 Å². The molecule has 0 N–H and O–H groups in total. The van der Waals surface area contributed by atoms with Crippen LogP contribution in [0.1, 0.15) is 33.3 Å². The molecule has 0 amide bonds. The van der Waals surface area contributed by atoms with Gasteiger partial charge in [-0.2, -0.15) is 0 Å². The van der Waals surface area contributed by atoms with Gasteiger partial charge in [-0.3, -0.25) is 4.79 Å². The van der Waals surface area contributed by atoms with Crippen LogP contribution in [0.25, 0.3) is 0 Å². The van der Waals surface area contributed by atoms with Gasteiger partial charge in [0.15, 0.2) is 0 Å². The van der Waals surface area contributed by atoms with Gasteiger partial charge in [0.05, 0.1) is 24.2 Å². The summed E-state index contributed by atoms with van der Waals surface area (Å²) in [7, 11) is 0.988. The Bertz CT molecular complexity index is 609. The van der Waals surface area contributed by atoms with E-state index in [1.807, 2.05) is 45.9 Å². The van der Waals surface area contributed by atoms with E-state index in [-0.39, 0.29) is 23.1 Å². The van der Waals surface area contributed by atoms with Gasteiger partial charge < -0.3 is 18.8 Å². The Balaban J connectivity index is 1.83. The largest absolute Gasteiger partial charge is 0.494 e. The van der Waals surface area contributed by atoms with Crippen LogP contribution >= 0.6 is 0 Å². The number of carbonyl (C=O) groups excluding carboxylic acids is 1. The van der Waals surface area contributed by atoms with Crippen molar-refractivity contribution in [3.8, 4) is 5.75 Å². The summed E-state index contributed by atoms with van der Waals surface area (Å²) in [6, 6.07) is 5.88. The Labute approximate surface area is 137 Å². The van der Waals surface area contributed by atoms with E-state index in [1.165, 1.54) is 7.11 Å². The molecule has 1 saturated heterocycles. The molecule has 1 fully saturated rings. The highest BCUT2D eigenvalue weighted by Gasteiger charge is 2.51. The molecular formula is C17H23BO5. The Morgan fingerprint density at radius 3 is 2.48 bits per heavy atom. The van der Waals surface area contributed by atoms with Crippen LogP contribution < -0.4 is 10.2 Å². The SMILES string of the molecule is COC(=O)C1COc2ccc(B3OC(C)(C)C(C)(C)O3)cc2C1. The number of esters is 1. The normalized spacial score (nSPS) is 24.7. The van der Waals surface area contributed by atoms with Crippen molar-refractivity contribution in [2.75, 3.05) is 13.7 Å². The van der Waals surface area contributed by atoms with Crippen LogP contribution in [0.4, 0.5) is 0 Å². The Kier molecular flexibility index (Phi) is 3.93. The van der Waals surface area contributed by atoms with Gasteiger partial charge in [0.1, 0.15) is 12.4 Å². The molecule has 0 aromatic heterocycles. The number of hydrogen-bond donors (Lipinski definition) is 0. The first kappa shape index (κ1) is 16.3. The van der Waals surface area contributed by atoms with E-state index >= 15 is 0 Å². The van der Waals surface area contributed by atoms with E-state index in [9.17, 15) is 4.79 Å². The highest BCUT2D eigenvalue weighted by Crippen LogP contribution is 2.37. The zero-order chi connectivity index (χ0) is 16.8. The fourth-order valence-electron chi connectivity index (χ4n) is 2.86. The van der Waals surface area contributed by atoms with Crippen LogP contribution in [0.5, 0.6) is 5.75 Å². The summed E-state index contributed by atoms with van der Waals surface area (Å²) in [6.07, 6.45) is 0.607. The lowest BCUT2D eigenvalue weighted by molar-refractivity contribution is -0.146. The van der Waals surface area contributed by atoms with Gasteiger partial charge >= 0.3 is 13.1 Å². The monoisotopic (exact) mass is 318 g/mol. The second kappa shape index (κ2) is 5.53. The maximum atomic E-state index is 11.7. The number of rotatable bonds is 2. The van der Waals surface area contributed by atoms with E-state index < -0.39 is 7.12 Å². The molecule has 5 nitrogen and oxygen atoms in total. The summed E-state index contributed by atoms with van der Waals surface area (Å²) in [5.41, 5.74) is 1.17. The van der Waals surface area contributed by atoms with Crippen molar-refractivity contribution in [2.24, 2.45) is 5.92 Å². The van der Waals surface area contributed by atoms with E-state index in [0.29, 0.717) is 13.0 Å². The fraction of sp³-hybridized carbons (Fsp3) is 0.588. The minimum Gasteiger partial charge on any atom is -0.492 e. The van der Waals surface area contributed by atoms with Gasteiger partial charge in [0.25, 0.3) is 0 Å². The second-order valence-corrected chi connectivity index (χ2v) is 7.19. The molecule has 6 heteroatoms. The molecule has 0 bridgehead atoms. The number of carbonyl (C=O) groups is 1. The van der Waals surface area contributed by atoms with Gasteiger partial charge in [-0.25, -0.2) is 0 Å². The maximum absolute atomic E-state index is 11.7. The molecule has 1 atom stereocenters. The molecule has 1 aromatic carbocycles. The molecule has 3 rings (SSSR count). The lowest BCUT2D eigenvalue weighted by Crippen LogP contribution is -2.41. The molecule has 0 aliphatic carbocycles. The van der Waals surface area contributed by atoms with Crippen LogP contribution in [0.2, 0.25) is 0 Å². The standard InChI is InChI=1S/C17H23BO5/c1-16(2)17(3,4)23-18(22-16)13-6-7-14-11(9-13)8-12(10-21-14)15(19)20-5/h6-7,9,12H,8,10H2,1-5H3. The molecule has 1 aromatic rings. The van der Waals surface area contributed by atoms with Crippen molar-refractivity contribution in [3.63, 3.8) is 0 Å². The summed E-state index contributed by atoms with van der Waals surface area (Å²) >= 11 is 0. The summed E-state index contributed by atoms with van der Waals surface area (Å²) in [5.74, 6) is 0.308. The van der Waals surface area contributed by atoms with Crippen molar-refractivity contribution < 1.29 is 23.6 Å². The molecular weight excluding hydrogens is 295 g/mol. The molecule has 0 saturated carbocycles. The molecule has 2 aliphatic heterocycles. The topological polar surface area (TPSA) is 54.0 Å². The van der Waals surface area contributed by atoms with Crippen LogP contribution in [0, 0.1) is 5.92 Å². The Hall–Kier alpha value is -1.53. The van der Waals surface area contributed by atoms with Crippen molar-refractivity contribution >= 4 is 18.6 Å². The number of hydrogen-bond acceptors (Lipinski definition) is 5. The third-order valence-electron chi connectivity index (χ3n) is 5.05. The number of benzene rings is 1. The van der Waals surface area contributed by atoms with E-state index in [4.69, 9.17) is 18.8 Å². The van der Waals surface area contributed by atoms with Crippen LogP contribution in [-0.2, 0) is 25.3 Å². The van der Waals surface area contributed by atoms with Gasteiger partial charge in [-0.15, -0.1) is 0 Å². The lowest BCUT2D eigenvalue weighted by Gasteiger charge is -2.32. The van der Waals surface area contributed by atoms with Gasteiger partial charge in [-0.1, -0.05) is 12.1 Å². The van der Waals surface area contributed by atoms with E-state index in [0.717, 1.165) is 16.8 Å². The van der Waals surface area contributed by atoms with Crippen LogP contribution in [0.3, 0.4) is 0 Å². The van der Waals surface area contributed by atoms with Gasteiger partial charge in [-0.05, 0) is 51.2 Å². The zero-order valence-corrected chi connectivity index (χ0v) is 14.3. The van der Waals surface area contributed by atoms with Crippen LogP contribution in [-0.4, -0.2) is 38.0 Å². The lowest BCUT2D eigenvalue weighted by atomic mass is 9.77. The number of methoxy groups -OCH3 is 1. The van der Waals surface area contributed by atoms with Crippen molar-refractivity contribution in [3.05, 3.63) is 23.8 Å². The average molecular weight is 318 g/mol. The molecule has 2 heterocycles. The first-order valence-electron chi connectivity index (χ1n) is 7.92. The number of ether oxygens (including phenoxy) is 2. The van der Waals surface area contributed by atoms with E-state index in [1.54, 1.807) is 0 Å². The van der Waals surface area contributed by atoms with Crippen LogP contribution in [0.15, 0.2) is 18.2 Å². The first-order chi connectivity index (χ1) is 10.7. The predicted molar refractivity (Wildman–Crippen MR) is 86.9 cm³/mol. The summed E-state index contributed by atoms with van der Waals surface area (Å²) < 4.78 is 22.7. The number of fused-ring (bicyclic) bond motifs is 1. The highest BCUT2D eigenvalue weighted by molar-refractivity contribution is 6.62. The van der Waals surface area contributed by atoms with Gasteiger partial charge in [0.2, 0.25) is 0 Å². The van der Waals surface area contributed by atoms with Crippen molar-refractivity contribution in [2.45, 2.75) is 45.3 Å². The molecule has 0 radical (unpaired) electrons. The summed E-state index contributed by atoms with van der Waals surface area (Å²) in [4.78, 5) is 11.7. The molecule has 1 unspecified atom stereocenters. The molecule has 2 aliphatic rings. The van der Waals surface area contributed by atoms with E-state index in [2.05, 4.69) is 0 Å². The second-order valence-electron chi connectivity index (χ2n) is 7.19. The minimum absolute atomic E-state index is 0.239. The first-order valence-corrected chi connectivity index (χ1v) is 7.92. The quantitative estimate of drug-likeness (QED) is 0.614. The highest BCUT2D eigenvalue weighted by atomic mass is 16.7. The smallest absolute Gasteiger partial charge is 0.492 e. The third kappa shape index (κ3) is 2.86. The Morgan fingerprint density at radius 1 is 1.22 bits per heavy atom. The van der Waals surface area contributed by atoms with Gasteiger partial charge in [0, 0.05) is 0 Å².